The van der Waals surface area contributed by atoms with Crippen LogP contribution in [0.5, 0.6) is 0 Å². The monoisotopic (exact) mass is 426 g/mol. The Morgan fingerprint density at radius 3 is 2.43 bits per heavy atom. The lowest BCUT2D eigenvalue weighted by Crippen LogP contribution is -2.48. The molecule has 11 heteroatoms. The number of benzene rings is 1. The van der Waals surface area contributed by atoms with Crippen molar-refractivity contribution < 1.29 is 23.9 Å². The molecule has 0 aromatic heterocycles. The number of amides is 3. The molecule has 9 nitrogen and oxygen atoms in total. The Hall–Kier alpha value is -2.98. The van der Waals surface area contributed by atoms with Gasteiger partial charge in [-0.25, -0.2) is 4.79 Å². The molecule has 0 saturated carbocycles. The number of halogens is 1. The van der Waals surface area contributed by atoms with Crippen molar-refractivity contribution in [3.8, 4) is 0 Å². The standard InChI is InChI=1S/C17H19ClN4O5S/c1-2-27-16(26)10-9-14(24)20-17(28)22-21-15(25)8-7-13(23)19-12-6-4-3-5-11(12)18/h3-6,9-10H,2,7-8H2,1H3,(H,19,23)(H,21,25)(H2,20,22,24,28)/b10-9+. The van der Waals surface area contributed by atoms with Gasteiger partial charge in [-0.2, -0.15) is 0 Å². The largest absolute Gasteiger partial charge is 0.463 e. The predicted molar refractivity (Wildman–Crippen MR) is 107 cm³/mol. The Bertz CT molecular complexity index is 785. The van der Waals surface area contributed by atoms with Gasteiger partial charge in [-0.05, 0) is 31.3 Å². The lowest BCUT2D eigenvalue weighted by molar-refractivity contribution is -0.137. The fraction of sp³-hybridized carbons (Fsp3) is 0.235. The van der Waals surface area contributed by atoms with Crippen molar-refractivity contribution in [2.75, 3.05) is 11.9 Å². The number of para-hydroxylation sites is 1. The van der Waals surface area contributed by atoms with Crippen molar-refractivity contribution in [3.05, 3.63) is 41.4 Å². The minimum atomic E-state index is -0.682. The van der Waals surface area contributed by atoms with Crippen molar-refractivity contribution in [1.82, 2.24) is 16.2 Å². The van der Waals surface area contributed by atoms with Crippen molar-refractivity contribution in [2.45, 2.75) is 19.8 Å². The number of anilines is 1. The molecule has 0 aliphatic heterocycles. The highest BCUT2D eigenvalue weighted by Gasteiger charge is 2.09. The van der Waals surface area contributed by atoms with E-state index in [0.717, 1.165) is 12.2 Å². The lowest BCUT2D eigenvalue weighted by atomic mass is 10.2. The molecular weight excluding hydrogens is 408 g/mol. The second kappa shape index (κ2) is 12.4. The summed E-state index contributed by atoms with van der Waals surface area (Å²) in [6, 6.07) is 6.71. The summed E-state index contributed by atoms with van der Waals surface area (Å²) in [5.41, 5.74) is 4.99. The molecule has 4 N–H and O–H groups in total. The van der Waals surface area contributed by atoms with Gasteiger partial charge in [0.15, 0.2) is 5.11 Å². The van der Waals surface area contributed by atoms with Crippen LogP contribution in [-0.2, 0) is 23.9 Å². The van der Waals surface area contributed by atoms with E-state index in [-0.39, 0.29) is 30.5 Å². The SMILES string of the molecule is CCOC(=O)/C=C/C(=O)NC(=S)NNC(=O)CCC(=O)Nc1ccccc1Cl. The zero-order chi connectivity index (χ0) is 20.9. The molecule has 28 heavy (non-hydrogen) atoms. The smallest absolute Gasteiger partial charge is 0.330 e. The van der Waals surface area contributed by atoms with Gasteiger partial charge in [-0.15, -0.1) is 0 Å². The molecule has 0 spiro atoms. The second-order valence-electron chi connectivity index (χ2n) is 5.10. The number of thiocarbonyl (C=S) groups is 1. The molecule has 0 fully saturated rings. The Kier molecular flexibility index (Phi) is 10.2. The average Bonchev–Trinajstić information content (AvgIpc) is 2.65. The molecule has 1 aromatic rings. The van der Waals surface area contributed by atoms with Gasteiger partial charge >= 0.3 is 5.97 Å². The minimum Gasteiger partial charge on any atom is -0.463 e. The van der Waals surface area contributed by atoms with Crippen LogP contribution < -0.4 is 21.5 Å². The van der Waals surface area contributed by atoms with E-state index in [0.29, 0.717) is 10.7 Å². The number of esters is 1. The van der Waals surface area contributed by atoms with Crippen molar-refractivity contribution in [3.63, 3.8) is 0 Å². The highest BCUT2D eigenvalue weighted by molar-refractivity contribution is 7.80. The molecule has 150 valence electrons. The van der Waals surface area contributed by atoms with E-state index in [4.69, 9.17) is 23.8 Å². The molecule has 0 saturated heterocycles. The first kappa shape index (κ1) is 23.1. The van der Waals surface area contributed by atoms with E-state index in [1.54, 1.807) is 31.2 Å². The average molecular weight is 427 g/mol. The van der Waals surface area contributed by atoms with Crippen molar-refractivity contribution >= 4 is 58.3 Å². The molecule has 1 rings (SSSR count). The van der Waals surface area contributed by atoms with E-state index in [1.807, 2.05) is 0 Å². The van der Waals surface area contributed by atoms with Crippen molar-refractivity contribution in [2.24, 2.45) is 0 Å². The molecule has 0 heterocycles. The Morgan fingerprint density at radius 2 is 1.75 bits per heavy atom. The number of rotatable bonds is 7. The third kappa shape index (κ3) is 9.64. The minimum absolute atomic E-state index is 0.0832. The van der Waals surface area contributed by atoms with E-state index in [1.165, 1.54) is 0 Å². The fourth-order valence-corrected chi connectivity index (χ4v) is 2.04. The van der Waals surface area contributed by atoms with Crippen LogP contribution in [0.1, 0.15) is 19.8 Å². The summed E-state index contributed by atoms with van der Waals surface area (Å²) in [6.07, 6.45) is 1.67. The molecule has 0 atom stereocenters. The van der Waals surface area contributed by atoms with Gasteiger partial charge in [0, 0.05) is 25.0 Å². The molecule has 0 radical (unpaired) electrons. The van der Waals surface area contributed by atoms with Gasteiger partial charge in [0.05, 0.1) is 17.3 Å². The van der Waals surface area contributed by atoms with Crippen LogP contribution in [-0.4, -0.2) is 35.4 Å². The van der Waals surface area contributed by atoms with Crippen molar-refractivity contribution in [1.29, 1.82) is 0 Å². The first-order chi connectivity index (χ1) is 13.3. The van der Waals surface area contributed by atoms with E-state index in [9.17, 15) is 19.2 Å². The lowest BCUT2D eigenvalue weighted by Gasteiger charge is -2.10. The van der Waals surface area contributed by atoms with Crippen LogP contribution in [0, 0.1) is 0 Å². The van der Waals surface area contributed by atoms with Crippen LogP contribution in [0.3, 0.4) is 0 Å². The highest BCUT2D eigenvalue weighted by Crippen LogP contribution is 2.20. The number of hydrogen-bond donors (Lipinski definition) is 4. The van der Waals surface area contributed by atoms with Gasteiger partial charge in [0.2, 0.25) is 17.7 Å². The summed E-state index contributed by atoms with van der Waals surface area (Å²) in [7, 11) is 0. The van der Waals surface area contributed by atoms with Gasteiger partial charge < -0.3 is 10.1 Å². The Morgan fingerprint density at radius 1 is 1.07 bits per heavy atom. The highest BCUT2D eigenvalue weighted by atomic mass is 35.5. The zero-order valence-electron chi connectivity index (χ0n) is 14.9. The maximum absolute atomic E-state index is 11.8. The zero-order valence-corrected chi connectivity index (χ0v) is 16.5. The molecular formula is C17H19ClN4O5S. The fourth-order valence-electron chi connectivity index (χ4n) is 1.71. The number of nitrogens with one attached hydrogen (secondary N) is 4. The van der Waals surface area contributed by atoms with E-state index in [2.05, 4.69) is 26.2 Å². The number of carbonyl (C=O) groups excluding carboxylic acids is 4. The topological polar surface area (TPSA) is 126 Å². The first-order valence-corrected chi connectivity index (χ1v) is 8.89. The number of carbonyl (C=O) groups is 4. The van der Waals surface area contributed by atoms with Crippen LogP contribution in [0.25, 0.3) is 0 Å². The summed E-state index contributed by atoms with van der Waals surface area (Å²) >= 11 is 10.7. The summed E-state index contributed by atoms with van der Waals surface area (Å²) < 4.78 is 4.62. The van der Waals surface area contributed by atoms with Crippen LogP contribution >= 0.6 is 23.8 Å². The predicted octanol–water partition coefficient (Wildman–Crippen LogP) is 1.20. The summed E-state index contributed by atoms with van der Waals surface area (Å²) in [5, 5.41) is 5.01. The molecule has 0 unspecified atom stereocenters. The molecule has 3 amide bonds. The number of hydrogen-bond acceptors (Lipinski definition) is 6. The van der Waals surface area contributed by atoms with Gasteiger partial charge in [-0.1, -0.05) is 23.7 Å². The summed E-state index contributed by atoms with van der Waals surface area (Å²) in [6.45, 7) is 1.82. The van der Waals surface area contributed by atoms with E-state index >= 15 is 0 Å². The normalized spacial score (nSPS) is 10.1. The third-order valence-electron chi connectivity index (χ3n) is 2.94. The molecule has 0 aliphatic carbocycles. The van der Waals surface area contributed by atoms with E-state index < -0.39 is 17.8 Å². The van der Waals surface area contributed by atoms with Gasteiger partial charge in [0.1, 0.15) is 0 Å². The molecule has 0 bridgehead atoms. The van der Waals surface area contributed by atoms with Gasteiger partial charge in [0.25, 0.3) is 0 Å². The first-order valence-electron chi connectivity index (χ1n) is 8.10. The number of hydrazine groups is 1. The maximum atomic E-state index is 11.8. The summed E-state index contributed by atoms with van der Waals surface area (Å²) in [5.74, 6) is -2.25. The maximum Gasteiger partial charge on any atom is 0.330 e. The van der Waals surface area contributed by atoms with Gasteiger partial charge in [-0.3, -0.25) is 30.6 Å². The Balaban J connectivity index is 2.27. The van der Waals surface area contributed by atoms with Crippen LogP contribution in [0.2, 0.25) is 5.02 Å². The third-order valence-corrected chi connectivity index (χ3v) is 3.47. The second-order valence-corrected chi connectivity index (χ2v) is 5.92. The quantitative estimate of drug-likeness (QED) is 0.223. The van der Waals surface area contributed by atoms with Crippen LogP contribution in [0.4, 0.5) is 5.69 Å². The molecule has 0 aliphatic rings. The summed E-state index contributed by atoms with van der Waals surface area (Å²) in [4.78, 5) is 46.1. The number of ether oxygens (including phenoxy) is 1. The Labute approximate surface area is 171 Å². The van der Waals surface area contributed by atoms with Crippen LogP contribution in [0.15, 0.2) is 36.4 Å². The molecule has 1 aromatic carbocycles.